The fourth-order valence-corrected chi connectivity index (χ4v) is 3.65. The van der Waals surface area contributed by atoms with Gasteiger partial charge in [-0.25, -0.2) is 0 Å². The molecule has 2 atom stereocenters. The second-order valence-electron chi connectivity index (χ2n) is 7.63. The van der Waals surface area contributed by atoms with Gasteiger partial charge < -0.3 is 14.2 Å². The Bertz CT molecular complexity index is 765. The molecule has 0 radical (unpaired) electrons. The highest BCUT2D eigenvalue weighted by atomic mass is 16.5. The first-order chi connectivity index (χ1) is 12.4. The molecule has 0 aromatic carbocycles. The molecule has 2 aromatic rings. The van der Waals surface area contributed by atoms with Crippen LogP contribution in [0.5, 0.6) is 0 Å². The Kier molecular flexibility index (Phi) is 5.46. The summed E-state index contributed by atoms with van der Waals surface area (Å²) in [6.45, 7) is 7.42. The SMILES string of the molecule is CO[C@H]1CN(C(=O)c2cc(CC(C)C)nn2C)C[C@H]1Cc1cc(C)no1. The third-order valence-corrected chi connectivity index (χ3v) is 4.88. The molecule has 0 aliphatic carbocycles. The quantitative estimate of drug-likeness (QED) is 0.790. The number of aryl methyl sites for hydroxylation is 2. The number of amides is 1. The Morgan fingerprint density at radius 1 is 1.38 bits per heavy atom. The minimum atomic E-state index is -0.00674. The lowest BCUT2D eigenvalue weighted by Gasteiger charge is -2.15. The molecule has 0 saturated carbocycles. The Hall–Kier alpha value is -2.15. The predicted molar refractivity (Wildman–Crippen MR) is 96.9 cm³/mol. The first kappa shape index (κ1) is 18.6. The maximum atomic E-state index is 13.0. The van der Waals surface area contributed by atoms with Gasteiger partial charge in [0.05, 0.1) is 17.5 Å². The van der Waals surface area contributed by atoms with Crippen molar-refractivity contribution in [2.45, 2.75) is 39.7 Å². The van der Waals surface area contributed by atoms with Gasteiger partial charge in [0.25, 0.3) is 5.91 Å². The maximum absolute atomic E-state index is 13.0. The molecule has 1 amide bonds. The number of ether oxygens (including phenoxy) is 1. The van der Waals surface area contributed by atoms with E-state index in [0.29, 0.717) is 31.1 Å². The van der Waals surface area contributed by atoms with Crippen molar-refractivity contribution in [3.8, 4) is 0 Å². The van der Waals surface area contributed by atoms with Crippen LogP contribution in [0, 0.1) is 18.8 Å². The van der Waals surface area contributed by atoms with E-state index in [2.05, 4.69) is 24.1 Å². The Morgan fingerprint density at radius 2 is 2.15 bits per heavy atom. The van der Waals surface area contributed by atoms with E-state index in [1.807, 2.05) is 31.0 Å². The first-order valence-electron chi connectivity index (χ1n) is 9.14. The van der Waals surface area contributed by atoms with Gasteiger partial charge in [0.1, 0.15) is 11.5 Å². The summed E-state index contributed by atoms with van der Waals surface area (Å²) in [6.07, 6.45) is 1.58. The van der Waals surface area contributed by atoms with E-state index < -0.39 is 0 Å². The molecular formula is C19H28N4O3. The summed E-state index contributed by atoms with van der Waals surface area (Å²) in [7, 11) is 3.53. The molecule has 26 heavy (non-hydrogen) atoms. The van der Waals surface area contributed by atoms with Crippen molar-refractivity contribution in [1.82, 2.24) is 19.8 Å². The highest BCUT2D eigenvalue weighted by Gasteiger charge is 2.37. The lowest BCUT2D eigenvalue weighted by atomic mass is 10.0. The summed E-state index contributed by atoms with van der Waals surface area (Å²) in [5.41, 5.74) is 2.46. The fourth-order valence-electron chi connectivity index (χ4n) is 3.65. The predicted octanol–water partition coefficient (Wildman–Crippen LogP) is 2.24. The average molecular weight is 360 g/mol. The average Bonchev–Trinajstić information content (AvgIpc) is 3.26. The molecule has 0 spiro atoms. The second kappa shape index (κ2) is 7.61. The van der Waals surface area contributed by atoms with E-state index in [0.717, 1.165) is 23.6 Å². The second-order valence-corrected chi connectivity index (χ2v) is 7.63. The number of hydrogen-bond acceptors (Lipinski definition) is 5. The van der Waals surface area contributed by atoms with Crippen molar-refractivity contribution in [3.63, 3.8) is 0 Å². The Labute approximate surface area is 154 Å². The van der Waals surface area contributed by atoms with E-state index in [4.69, 9.17) is 9.26 Å². The van der Waals surface area contributed by atoms with Gasteiger partial charge in [-0.15, -0.1) is 0 Å². The zero-order valence-electron chi connectivity index (χ0n) is 16.2. The normalized spacial score (nSPS) is 20.3. The van der Waals surface area contributed by atoms with Gasteiger partial charge in [0.15, 0.2) is 0 Å². The maximum Gasteiger partial charge on any atom is 0.272 e. The summed E-state index contributed by atoms with van der Waals surface area (Å²) in [6, 6.07) is 3.85. The van der Waals surface area contributed by atoms with Crippen LogP contribution < -0.4 is 0 Å². The Morgan fingerprint density at radius 3 is 2.77 bits per heavy atom. The lowest BCUT2D eigenvalue weighted by Crippen LogP contribution is -2.31. The molecule has 3 rings (SSSR count). The molecule has 142 valence electrons. The van der Waals surface area contributed by atoms with Crippen molar-refractivity contribution in [1.29, 1.82) is 0 Å². The number of aromatic nitrogens is 3. The third-order valence-electron chi connectivity index (χ3n) is 4.88. The molecule has 7 nitrogen and oxygen atoms in total. The summed E-state index contributed by atoms with van der Waals surface area (Å²) in [4.78, 5) is 14.9. The summed E-state index contributed by atoms with van der Waals surface area (Å²) >= 11 is 0. The zero-order valence-corrected chi connectivity index (χ0v) is 16.2. The van der Waals surface area contributed by atoms with E-state index in [1.54, 1.807) is 11.8 Å². The van der Waals surface area contributed by atoms with Crippen molar-refractivity contribution in [2.75, 3.05) is 20.2 Å². The van der Waals surface area contributed by atoms with Crippen molar-refractivity contribution < 1.29 is 14.1 Å². The third kappa shape index (κ3) is 3.98. The molecule has 0 unspecified atom stereocenters. The highest BCUT2D eigenvalue weighted by Crippen LogP contribution is 2.25. The van der Waals surface area contributed by atoms with Crippen LogP contribution in [0.3, 0.4) is 0 Å². The monoisotopic (exact) mass is 360 g/mol. The van der Waals surface area contributed by atoms with Crippen LogP contribution in [0.1, 0.15) is 41.5 Å². The molecular weight excluding hydrogens is 332 g/mol. The van der Waals surface area contributed by atoms with Crippen LogP contribution in [0.2, 0.25) is 0 Å². The fraction of sp³-hybridized carbons (Fsp3) is 0.632. The minimum absolute atomic E-state index is 0.00674. The molecule has 2 aromatic heterocycles. The zero-order chi connectivity index (χ0) is 18.8. The number of rotatable bonds is 6. The molecule has 7 heteroatoms. The van der Waals surface area contributed by atoms with E-state index in [9.17, 15) is 4.79 Å². The summed E-state index contributed by atoms with van der Waals surface area (Å²) in [5.74, 6) is 1.55. The molecule has 1 saturated heterocycles. The molecule has 3 heterocycles. The number of methoxy groups -OCH3 is 1. The van der Waals surface area contributed by atoms with Crippen LogP contribution in [0.25, 0.3) is 0 Å². The van der Waals surface area contributed by atoms with Gasteiger partial charge in [0.2, 0.25) is 0 Å². The largest absolute Gasteiger partial charge is 0.379 e. The van der Waals surface area contributed by atoms with Crippen LogP contribution >= 0.6 is 0 Å². The summed E-state index contributed by atoms with van der Waals surface area (Å²) < 4.78 is 12.7. The standard InChI is InChI=1S/C19H28N4O3/c1-12(2)6-15-9-17(22(4)20-15)19(24)23-10-14(18(11-23)25-5)8-16-7-13(3)21-26-16/h7,9,12,14,18H,6,8,10-11H2,1-5H3/t14-,18+/m1/s1. The molecule has 1 aliphatic heterocycles. The van der Waals surface area contributed by atoms with Gasteiger partial charge in [-0.2, -0.15) is 5.10 Å². The van der Waals surface area contributed by atoms with Crippen molar-refractivity contribution >= 4 is 5.91 Å². The first-order valence-corrected chi connectivity index (χ1v) is 9.14. The van der Waals surface area contributed by atoms with E-state index in [-0.39, 0.29) is 17.9 Å². The molecule has 1 aliphatic rings. The van der Waals surface area contributed by atoms with E-state index in [1.165, 1.54) is 0 Å². The van der Waals surface area contributed by atoms with Crippen molar-refractivity contribution in [2.24, 2.45) is 18.9 Å². The number of hydrogen-bond donors (Lipinski definition) is 0. The molecule has 1 fully saturated rings. The number of carbonyl (C=O) groups is 1. The van der Waals surface area contributed by atoms with Gasteiger partial charge in [-0.05, 0) is 25.3 Å². The number of likely N-dealkylation sites (tertiary alicyclic amines) is 1. The van der Waals surface area contributed by atoms with Gasteiger partial charge in [0, 0.05) is 45.7 Å². The van der Waals surface area contributed by atoms with Crippen LogP contribution in [-0.4, -0.2) is 52.0 Å². The minimum Gasteiger partial charge on any atom is -0.379 e. The highest BCUT2D eigenvalue weighted by molar-refractivity contribution is 5.93. The molecule has 0 bridgehead atoms. The van der Waals surface area contributed by atoms with Crippen LogP contribution in [0.4, 0.5) is 0 Å². The smallest absolute Gasteiger partial charge is 0.272 e. The topological polar surface area (TPSA) is 73.4 Å². The van der Waals surface area contributed by atoms with Gasteiger partial charge in [-0.3, -0.25) is 9.48 Å². The lowest BCUT2D eigenvalue weighted by molar-refractivity contribution is 0.0666. The molecule has 0 N–H and O–H groups in total. The number of carbonyl (C=O) groups excluding carboxylic acids is 1. The van der Waals surface area contributed by atoms with E-state index >= 15 is 0 Å². The number of nitrogens with zero attached hydrogens (tertiary/aromatic N) is 4. The van der Waals surface area contributed by atoms with Crippen LogP contribution in [0.15, 0.2) is 16.7 Å². The van der Waals surface area contributed by atoms with Crippen molar-refractivity contribution in [3.05, 3.63) is 35.0 Å². The van der Waals surface area contributed by atoms with Crippen LogP contribution in [-0.2, 0) is 24.6 Å². The summed E-state index contributed by atoms with van der Waals surface area (Å²) in [5, 5.41) is 8.43. The Balaban J connectivity index is 1.71. The van der Waals surface area contributed by atoms with Gasteiger partial charge in [-0.1, -0.05) is 19.0 Å². The van der Waals surface area contributed by atoms with Gasteiger partial charge >= 0.3 is 0 Å².